The van der Waals surface area contributed by atoms with Gasteiger partial charge in [-0.3, -0.25) is 9.78 Å². The molecule has 174 valence electrons. The van der Waals surface area contributed by atoms with Crippen LogP contribution in [0.2, 0.25) is 5.02 Å². The number of aromatic nitrogens is 1. The Balaban J connectivity index is 1.49. The van der Waals surface area contributed by atoms with Crippen LogP contribution in [0.15, 0.2) is 47.9 Å². The Hall–Kier alpha value is -2.68. The third-order valence-electron chi connectivity index (χ3n) is 5.83. The van der Waals surface area contributed by atoms with Crippen molar-refractivity contribution in [3.8, 4) is 5.75 Å². The van der Waals surface area contributed by atoms with Gasteiger partial charge in [0, 0.05) is 43.4 Å². The number of rotatable bonds is 8. The molecule has 0 saturated carbocycles. The Kier molecular flexibility index (Phi) is 7.17. The van der Waals surface area contributed by atoms with Crippen LogP contribution in [-0.4, -0.2) is 41.2 Å². The van der Waals surface area contributed by atoms with Gasteiger partial charge in [-0.2, -0.15) is 0 Å². The molecule has 2 aromatic rings. The molecule has 1 unspecified atom stereocenters. The summed E-state index contributed by atoms with van der Waals surface area (Å²) in [6.45, 7) is 6.19. The smallest absolute Gasteiger partial charge is 0.256 e. The Morgan fingerprint density at radius 1 is 1.39 bits per heavy atom. The number of aryl methyl sites for hydroxylation is 1. The zero-order valence-corrected chi connectivity index (χ0v) is 20.2. The van der Waals surface area contributed by atoms with Crippen LogP contribution in [0.3, 0.4) is 0 Å². The first-order valence-electron chi connectivity index (χ1n) is 10.9. The van der Waals surface area contributed by atoms with Crippen molar-refractivity contribution in [2.24, 2.45) is 0 Å². The summed E-state index contributed by atoms with van der Waals surface area (Å²) in [5.41, 5.74) is 3.48. The van der Waals surface area contributed by atoms with Crippen LogP contribution in [-0.2, 0) is 16.1 Å². The molecule has 33 heavy (non-hydrogen) atoms. The van der Waals surface area contributed by atoms with Crippen LogP contribution in [0, 0.1) is 6.92 Å². The van der Waals surface area contributed by atoms with E-state index in [9.17, 15) is 4.79 Å². The van der Waals surface area contributed by atoms with Crippen LogP contribution in [0.4, 0.5) is 5.69 Å². The van der Waals surface area contributed by atoms with Gasteiger partial charge in [-0.25, -0.2) is 0 Å². The lowest BCUT2D eigenvalue weighted by Gasteiger charge is -2.38. The quantitative estimate of drug-likeness (QED) is 0.488. The number of carbonyl (C=O) groups excluding carboxylic acids is 1. The Labute approximate surface area is 203 Å². The van der Waals surface area contributed by atoms with Gasteiger partial charge in [0.25, 0.3) is 5.91 Å². The van der Waals surface area contributed by atoms with Crippen molar-refractivity contribution in [3.05, 3.63) is 64.1 Å². The van der Waals surface area contributed by atoms with E-state index in [1.807, 2.05) is 38.1 Å². The normalized spacial score (nSPS) is 20.0. The van der Waals surface area contributed by atoms with Crippen molar-refractivity contribution in [3.63, 3.8) is 0 Å². The third-order valence-corrected chi connectivity index (χ3v) is 6.64. The fourth-order valence-electron chi connectivity index (χ4n) is 3.68. The zero-order chi connectivity index (χ0) is 23.4. The lowest BCUT2D eigenvalue weighted by Crippen LogP contribution is -2.45. The average Bonchev–Trinajstić information content (AvgIpc) is 2.78. The van der Waals surface area contributed by atoms with Gasteiger partial charge in [-0.05, 0) is 31.5 Å². The number of carbonyl (C=O) groups is 1. The number of benzene rings is 1. The first kappa shape index (κ1) is 23.5. The summed E-state index contributed by atoms with van der Waals surface area (Å²) < 4.78 is 11.6. The maximum absolute atomic E-state index is 12.7. The lowest BCUT2D eigenvalue weighted by atomic mass is 9.99. The molecule has 1 aromatic carbocycles. The van der Waals surface area contributed by atoms with Gasteiger partial charge in [-0.1, -0.05) is 36.0 Å². The number of amides is 1. The van der Waals surface area contributed by atoms with E-state index in [0.717, 1.165) is 29.9 Å². The molecule has 0 spiro atoms. The average molecular weight is 487 g/mol. The third kappa shape index (κ3) is 5.46. The van der Waals surface area contributed by atoms with Crippen molar-refractivity contribution >= 4 is 40.4 Å². The molecule has 9 heteroatoms. The van der Waals surface area contributed by atoms with E-state index in [-0.39, 0.29) is 11.5 Å². The minimum atomic E-state index is -0.243. The van der Waals surface area contributed by atoms with E-state index >= 15 is 0 Å². The zero-order valence-electron chi connectivity index (χ0n) is 18.7. The van der Waals surface area contributed by atoms with Gasteiger partial charge < -0.3 is 25.4 Å². The first-order chi connectivity index (χ1) is 15.9. The van der Waals surface area contributed by atoms with E-state index in [2.05, 4.69) is 20.9 Å². The molecular formula is C24H27ClN4O3S. The minimum Gasteiger partial charge on any atom is -0.489 e. The molecule has 1 saturated heterocycles. The number of hydrogen-bond acceptors (Lipinski definition) is 6. The molecule has 4 rings (SSSR count). The number of nitrogens with one attached hydrogen (secondary N) is 3. The number of anilines is 1. The highest BCUT2D eigenvalue weighted by molar-refractivity contribution is 7.81. The topological polar surface area (TPSA) is 84.5 Å². The molecular weight excluding hydrogens is 460 g/mol. The summed E-state index contributed by atoms with van der Waals surface area (Å²) in [5.74, 6) is 0.475. The van der Waals surface area contributed by atoms with E-state index < -0.39 is 0 Å². The van der Waals surface area contributed by atoms with Crippen molar-refractivity contribution in [2.75, 3.05) is 25.1 Å². The summed E-state index contributed by atoms with van der Waals surface area (Å²) in [6, 6.07) is 7.55. The fraction of sp³-hybridized carbons (Fsp3) is 0.375. The largest absolute Gasteiger partial charge is 0.489 e. The van der Waals surface area contributed by atoms with E-state index in [0.29, 0.717) is 53.1 Å². The number of halogens is 1. The highest BCUT2D eigenvalue weighted by Crippen LogP contribution is 2.28. The van der Waals surface area contributed by atoms with Crippen LogP contribution >= 0.6 is 23.8 Å². The molecule has 3 N–H and O–H groups in total. The minimum absolute atomic E-state index is 0.216. The van der Waals surface area contributed by atoms with Crippen LogP contribution in [0.25, 0.3) is 0 Å². The standard InChI is InChI=1S/C24H27ClN4O3S/c1-15-4-3-5-18(21(15)25)29-23(33)20-17(7-10-27-22(20)30)28-12-16-6-9-26-13-19(16)31-14-24(2)8-11-32-24/h3-6,9,13,28H,7-8,10-12,14H2,1-2H3,(H,27,30)(H,29,33). The number of ether oxygens (including phenoxy) is 2. The molecule has 1 atom stereocenters. The molecule has 1 amide bonds. The van der Waals surface area contributed by atoms with Crippen molar-refractivity contribution in [1.29, 1.82) is 0 Å². The van der Waals surface area contributed by atoms with Crippen LogP contribution in [0.1, 0.15) is 30.9 Å². The van der Waals surface area contributed by atoms with Gasteiger partial charge in [0.1, 0.15) is 22.9 Å². The summed E-state index contributed by atoms with van der Waals surface area (Å²) in [4.78, 5) is 17.2. The summed E-state index contributed by atoms with van der Waals surface area (Å²) in [5, 5.41) is 9.97. The number of thiocarbonyl (C=S) groups is 1. The van der Waals surface area contributed by atoms with E-state index in [4.69, 9.17) is 33.3 Å². The van der Waals surface area contributed by atoms with Gasteiger partial charge in [-0.15, -0.1) is 0 Å². The molecule has 1 aromatic heterocycles. The fourth-order valence-corrected chi connectivity index (χ4v) is 4.18. The maximum Gasteiger partial charge on any atom is 0.256 e. The summed E-state index contributed by atoms with van der Waals surface area (Å²) in [7, 11) is 0. The maximum atomic E-state index is 12.7. The monoisotopic (exact) mass is 486 g/mol. The highest BCUT2D eigenvalue weighted by atomic mass is 35.5. The molecule has 0 radical (unpaired) electrons. The van der Waals surface area contributed by atoms with Crippen LogP contribution < -0.4 is 20.7 Å². The van der Waals surface area contributed by atoms with Crippen LogP contribution in [0.5, 0.6) is 5.75 Å². The van der Waals surface area contributed by atoms with Gasteiger partial charge >= 0.3 is 0 Å². The predicted molar refractivity (Wildman–Crippen MR) is 133 cm³/mol. The summed E-state index contributed by atoms with van der Waals surface area (Å²) >= 11 is 12.0. The SMILES string of the molecule is Cc1cccc(NC(=S)C2=C(NCc3ccncc3OCC3(C)CCO3)CCNC2=O)c1Cl. The van der Waals surface area contributed by atoms with E-state index in [1.54, 1.807) is 12.4 Å². The van der Waals surface area contributed by atoms with Crippen molar-refractivity contribution < 1.29 is 14.3 Å². The van der Waals surface area contributed by atoms with E-state index in [1.165, 1.54) is 0 Å². The molecule has 2 aliphatic rings. The molecule has 3 heterocycles. The predicted octanol–water partition coefficient (Wildman–Crippen LogP) is 3.90. The number of hydrogen-bond donors (Lipinski definition) is 3. The molecule has 7 nitrogen and oxygen atoms in total. The Morgan fingerprint density at radius 3 is 2.97 bits per heavy atom. The molecule has 0 aliphatic carbocycles. The molecule has 0 bridgehead atoms. The Morgan fingerprint density at radius 2 is 2.21 bits per heavy atom. The lowest BCUT2D eigenvalue weighted by molar-refractivity contribution is -0.152. The summed E-state index contributed by atoms with van der Waals surface area (Å²) in [6.07, 6.45) is 5.04. The second-order valence-corrected chi connectivity index (χ2v) is 9.21. The van der Waals surface area contributed by atoms with Crippen molar-refractivity contribution in [2.45, 2.75) is 38.8 Å². The van der Waals surface area contributed by atoms with Crippen molar-refractivity contribution in [1.82, 2.24) is 15.6 Å². The second kappa shape index (κ2) is 10.1. The number of pyridine rings is 1. The van der Waals surface area contributed by atoms with Gasteiger partial charge in [0.05, 0.1) is 29.1 Å². The van der Waals surface area contributed by atoms with Gasteiger partial charge in [0.15, 0.2) is 0 Å². The Bertz CT molecular complexity index is 1100. The first-order valence-corrected chi connectivity index (χ1v) is 11.7. The highest BCUT2D eigenvalue weighted by Gasteiger charge is 2.34. The van der Waals surface area contributed by atoms with Gasteiger partial charge in [0.2, 0.25) is 0 Å². The number of nitrogens with zero attached hydrogens (tertiary/aromatic N) is 1. The second-order valence-electron chi connectivity index (χ2n) is 8.42. The molecule has 2 aliphatic heterocycles. The molecule has 1 fully saturated rings.